The van der Waals surface area contributed by atoms with E-state index in [-0.39, 0.29) is 29.5 Å². The molecule has 2 N–H and O–H groups in total. The molecule has 0 radical (unpaired) electrons. The van der Waals surface area contributed by atoms with Crippen LogP contribution in [0.4, 0.5) is 10.2 Å². The Labute approximate surface area is 183 Å². The number of carbonyl (C=O) groups is 2. The van der Waals surface area contributed by atoms with Gasteiger partial charge in [0, 0.05) is 36.8 Å². The average Bonchev–Trinajstić information content (AvgIpc) is 3.19. The van der Waals surface area contributed by atoms with Gasteiger partial charge in [0.15, 0.2) is 0 Å². The van der Waals surface area contributed by atoms with Crippen LogP contribution < -0.4 is 10.6 Å². The van der Waals surface area contributed by atoms with Crippen molar-refractivity contribution in [2.24, 2.45) is 17.6 Å². The fraction of sp³-hybridized carbons (Fsp3) is 0.455. The van der Waals surface area contributed by atoms with E-state index in [4.69, 9.17) is 5.73 Å². The third-order valence-corrected chi connectivity index (χ3v) is 7.63. The highest BCUT2D eigenvalue weighted by molar-refractivity contribution is 7.26. The number of hydrogen-bond donors (Lipinski definition) is 1. The summed E-state index contributed by atoms with van der Waals surface area (Å²) in [6, 6.07) is 5.05. The summed E-state index contributed by atoms with van der Waals surface area (Å²) in [5, 5.41) is 0.535. The van der Waals surface area contributed by atoms with Gasteiger partial charge in [-0.25, -0.2) is 14.4 Å². The first-order chi connectivity index (χ1) is 15.0. The molecule has 2 saturated heterocycles. The van der Waals surface area contributed by atoms with E-state index in [2.05, 4.69) is 14.9 Å². The summed E-state index contributed by atoms with van der Waals surface area (Å²) in [7, 11) is 0. The molecule has 2 aliphatic rings. The Morgan fingerprint density at radius 1 is 1.10 bits per heavy atom. The fourth-order valence-electron chi connectivity index (χ4n) is 4.80. The minimum atomic E-state index is -0.278. The highest BCUT2D eigenvalue weighted by Crippen LogP contribution is 2.39. The number of fused-ring (bicyclic) bond motifs is 3. The number of carbonyl (C=O) groups excluding carboxylic acids is 2. The van der Waals surface area contributed by atoms with Crippen LogP contribution in [0.5, 0.6) is 0 Å². The van der Waals surface area contributed by atoms with Gasteiger partial charge in [0.1, 0.15) is 18.0 Å². The Morgan fingerprint density at radius 2 is 1.90 bits per heavy atom. The van der Waals surface area contributed by atoms with Crippen LogP contribution in [0.3, 0.4) is 0 Å². The summed E-state index contributed by atoms with van der Waals surface area (Å²) in [5.74, 6) is 0.114. The van der Waals surface area contributed by atoms with E-state index in [9.17, 15) is 14.0 Å². The number of nitrogens with two attached hydrogens (primary N) is 1. The number of aromatic nitrogens is 2. The number of hydrogen-bond acceptors (Lipinski definition) is 6. The van der Waals surface area contributed by atoms with E-state index in [1.165, 1.54) is 23.7 Å². The van der Waals surface area contributed by atoms with E-state index in [0.29, 0.717) is 43.4 Å². The van der Waals surface area contributed by atoms with Crippen LogP contribution in [0.15, 0.2) is 24.5 Å². The van der Waals surface area contributed by atoms with Crippen molar-refractivity contribution in [2.75, 3.05) is 31.1 Å². The van der Waals surface area contributed by atoms with Crippen molar-refractivity contribution in [3.8, 4) is 0 Å². The summed E-state index contributed by atoms with van der Waals surface area (Å²) < 4.78 is 16.1. The van der Waals surface area contributed by atoms with Gasteiger partial charge in [0.2, 0.25) is 11.8 Å². The molecule has 1 aromatic carbocycles. The van der Waals surface area contributed by atoms with Crippen molar-refractivity contribution >= 4 is 49.3 Å². The summed E-state index contributed by atoms with van der Waals surface area (Å²) in [5.41, 5.74) is 6.04. The van der Waals surface area contributed by atoms with E-state index in [1.54, 1.807) is 6.07 Å². The average molecular weight is 442 g/mol. The molecule has 0 spiro atoms. The molecule has 162 valence electrons. The van der Waals surface area contributed by atoms with Crippen LogP contribution in [0.25, 0.3) is 20.3 Å². The Balaban J connectivity index is 1.38. The lowest BCUT2D eigenvalue weighted by Gasteiger charge is -2.37. The molecule has 2 amide bonds. The molecule has 3 aromatic rings. The van der Waals surface area contributed by atoms with Crippen LogP contribution in [-0.2, 0) is 9.59 Å². The number of likely N-dealkylation sites (tertiary alicyclic amines) is 1. The highest BCUT2D eigenvalue weighted by Gasteiger charge is 2.33. The van der Waals surface area contributed by atoms with E-state index in [1.807, 2.05) is 11.0 Å². The summed E-state index contributed by atoms with van der Waals surface area (Å²) in [6.45, 7) is 2.54. The topological polar surface area (TPSA) is 92.4 Å². The van der Waals surface area contributed by atoms with Gasteiger partial charge in [-0.15, -0.1) is 11.3 Å². The molecule has 0 saturated carbocycles. The van der Waals surface area contributed by atoms with Crippen molar-refractivity contribution in [3.05, 3.63) is 30.3 Å². The molecule has 0 bridgehead atoms. The van der Waals surface area contributed by atoms with E-state index < -0.39 is 0 Å². The van der Waals surface area contributed by atoms with Gasteiger partial charge in [-0.3, -0.25) is 9.59 Å². The minimum Gasteiger partial charge on any atom is -0.369 e. The Kier molecular flexibility index (Phi) is 5.21. The number of nitrogens with zero attached hydrogens (tertiary/aromatic N) is 4. The summed E-state index contributed by atoms with van der Waals surface area (Å²) >= 11 is 1.49. The third-order valence-electron chi connectivity index (χ3n) is 6.49. The summed E-state index contributed by atoms with van der Waals surface area (Å²) in [4.78, 5) is 37.4. The molecular formula is C22H24FN5O2S. The number of halogens is 1. The molecule has 1 unspecified atom stereocenters. The molecular weight excluding hydrogens is 417 g/mol. The number of piperidine rings is 2. The van der Waals surface area contributed by atoms with Crippen LogP contribution in [0.2, 0.25) is 0 Å². The molecule has 7 nitrogen and oxygen atoms in total. The predicted molar refractivity (Wildman–Crippen MR) is 118 cm³/mol. The van der Waals surface area contributed by atoms with E-state index >= 15 is 0 Å². The maximum absolute atomic E-state index is 14.4. The van der Waals surface area contributed by atoms with Crippen molar-refractivity contribution < 1.29 is 14.0 Å². The Morgan fingerprint density at radius 3 is 2.68 bits per heavy atom. The molecule has 2 aliphatic heterocycles. The molecule has 9 heteroatoms. The number of amides is 2. The Bertz CT molecular complexity index is 1160. The molecule has 31 heavy (non-hydrogen) atoms. The lowest BCUT2D eigenvalue weighted by Crippen LogP contribution is -2.48. The maximum Gasteiger partial charge on any atom is 0.227 e. The number of primary amides is 1. The van der Waals surface area contributed by atoms with Crippen molar-refractivity contribution in [2.45, 2.75) is 25.7 Å². The predicted octanol–water partition coefficient (Wildman–Crippen LogP) is 2.92. The Hall–Kier alpha value is -2.81. The largest absolute Gasteiger partial charge is 0.369 e. The highest BCUT2D eigenvalue weighted by atomic mass is 32.1. The molecule has 5 rings (SSSR count). The normalized spacial score (nSPS) is 20.5. The summed E-state index contributed by atoms with van der Waals surface area (Å²) in [6.07, 6.45) is 4.48. The first-order valence-corrected chi connectivity index (χ1v) is 11.5. The van der Waals surface area contributed by atoms with Crippen LogP contribution in [-0.4, -0.2) is 52.9 Å². The molecule has 2 aromatic heterocycles. The quantitative estimate of drug-likeness (QED) is 0.675. The van der Waals surface area contributed by atoms with Gasteiger partial charge in [0.25, 0.3) is 0 Å². The van der Waals surface area contributed by atoms with Gasteiger partial charge in [-0.2, -0.15) is 0 Å². The number of thiophene rings is 1. The molecule has 4 heterocycles. The first kappa shape index (κ1) is 20.1. The lowest BCUT2D eigenvalue weighted by molar-refractivity contribution is -0.138. The van der Waals surface area contributed by atoms with Crippen LogP contribution in [0, 0.1) is 17.7 Å². The van der Waals surface area contributed by atoms with E-state index in [0.717, 1.165) is 34.6 Å². The molecule has 0 aliphatic carbocycles. The lowest BCUT2D eigenvalue weighted by atomic mass is 9.92. The van der Waals surface area contributed by atoms with Gasteiger partial charge >= 0.3 is 0 Å². The second kappa shape index (κ2) is 8.03. The monoisotopic (exact) mass is 441 g/mol. The van der Waals surface area contributed by atoms with Crippen LogP contribution >= 0.6 is 11.3 Å². The second-order valence-electron chi connectivity index (χ2n) is 8.38. The zero-order valence-electron chi connectivity index (χ0n) is 17.1. The van der Waals surface area contributed by atoms with Crippen molar-refractivity contribution in [1.82, 2.24) is 14.9 Å². The SMILES string of the molecule is NC(=O)C1CCN(C(=O)C2CCCN(c3ncnc4c3sc3cccc(F)c34)C2)CC1. The first-order valence-electron chi connectivity index (χ1n) is 10.7. The van der Waals surface area contributed by atoms with Gasteiger partial charge in [-0.05, 0) is 37.8 Å². The second-order valence-corrected chi connectivity index (χ2v) is 9.43. The molecule has 2 fully saturated rings. The number of benzene rings is 1. The molecule has 1 atom stereocenters. The van der Waals surface area contributed by atoms with Gasteiger partial charge in [0.05, 0.1) is 21.5 Å². The van der Waals surface area contributed by atoms with Gasteiger partial charge in [-0.1, -0.05) is 6.07 Å². The number of anilines is 1. The zero-order valence-corrected chi connectivity index (χ0v) is 17.9. The third kappa shape index (κ3) is 3.60. The maximum atomic E-state index is 14.4. The fourth-order valence-corrected chi connectivity index (χ4v) is 5.99. The van der Waals surface area contributed by atoms with Crippen LogP contribution in [0.1, 0.15) is 25.7 Å². The van der Waals surface area contributed by atoms with Gasteiger partial charge < -0.3 is 15.5 Å². The smallest absolute Gasteiger partial charge is 0.227 e. The number of rotatable bonds is 3. The van der Waals surface area contributed by atoms with Crippen molar-refractivity contribution in [3.63, 3.8) is 0 Å². The minimum absolute atomic E-state index is 0.116. The standard InChI is InChI=1S/C22H24FN5O2S/c23-15-4-1-5-16-17(15)18-19(31-16)21(26-12-25-18)28-8-2-3-14(11-28)22(30)27-9-6-13(7-10-27)20(24)29/h1,4-5,12-14H,2-3,6-11H2,(H2,24,29). The zero-order chi connectivity index (χ0) is 21.5. The van der Waals surface area contributed by atoms with Crippen molar-refractivity contribution in [1.29, 1.82) is 0 Å².